The van der Waals surface area contributed by atoms with Crippen molar-refractivity contribution in [1.82, 2.24) is 39.0 Å². The van der Waals surface area contributed by atoms with E-state index in [0.717, 1.165) is 6.33 Å². The highest BCUT2D eigenvalue weighted by molar-refractivity contribution is 8.07. The number of imidazole rings is 2. The molecule has 0 saturated carbocycles. The van der Waals surface area contributed by atoms with Gasteiger partial charge >= 0.3 is 14.3 Å². The summed E-state index contributed by atoms with van der Waals surface area (Å²) in [4.78, 5) is 75.3. The molecule has 1 aromatic carbocycles. The van der Waals surface area contributed by atoms with Crippen LogP contribution in [0.25, 0.3) is 22.3 Å². The van der Waals surface area contributed by atoms with Crippen LogP contribution in [-0.4, -0.2) is 120 Å². The lowest BCUT2D eigenvalue weighted by Crippen LogP contribution is -2.49. The van der Waals surface area contributed by atoms with Gasteiger partial charge in [-0.1, -0.05) is 52.8 Å². The van der Waals surface area contributed by atoms with Crippen LogP contribution < -0.4 is 10.9 Å². The van der Waals surface area contributed by atoms with E-state index in [4.69, 9.17) is 43.8 Å². The molecule has 370 valence electrons. The Hall–Kier alpha value is -4.54. The van der Waals surface area contributed by atoms with Gasteiger partial charge in [0.15, 0.2) is 55.1 Å². The number of fused-ring (bicyclic) bond motifs is 5. The zero-order valence-electron chi connectivity index (χ0n) is 38.8. The van der Waals surface area contributed by atoms with Gasteiger partial charge in [-0.15, -0.1) is 0 Å². The quantitative estimate of drug-likeness (QED) is 0.0730. The van der Waals surface area contributed by atoms with Gasteiger partial charge in [-0.2, -0.15) is 5.26 Å². The molecule has 3 saturated heterocycles. The van der Waals surface area contributed by atoms with Gasteiger partial charge in [0.25, 0.3) is 11.5 Å². The second-order valence-electron chi connectivity index (χ2n) is 18.7. The third kappa shape index (κ3) is 10.7. The first-order chi connectivity index (χ1) is 32.6. The molecule has 0 aliphatic carbocycles. The highest BCUT2D eigenvalue weighted by Gasteiger charge is 2.56. The molecule has 3 fully saturated rings. The van der Waals surface area contributed by atoms with Gasteiger partial charge in [-0.3, -0.25) is 37.1 Å². The fourth-order valence-corrected chi connectivity index (χ4v) is 12.5. The predicted octanol–water partition coefficient (Wildman–Crippen LogP) is 6.03. The summed E-state index contributed by atoms with van der Waals surface area (Å²) in [6.07, 6.45) is -8.82. The Morgan fingerprint density at radius 3 is 2.43 bits per heavy atom. The van der Waals surface area contributed by atoms with Gasteiger partial charge in [-0.05, 0) is 48.5 Å². The SMILES string of the molecule is CC(C)C(=O)Cc1nc2c(ncn2[C@@H]2O[C@@H]3CCP(=O)(O)O[C@H]4[C@@H](F)[C@H](n5cnc6c(NC(=O)c7ccccc7)ncnc65)O[C@@H]4COP(=S)(OCCC#N)O[C@@H]2[C@@H]3O[Si](C)(C)C(C)(C)C)c(=O)[nH]1. The first kappa shape index (κ1) is 50.8. The normalized spacial score (nSPS) is 29.0. The average molecular weight is 1030 g/mol. The lowest BCUT2D eigenvalue weighted by molar-refractivity contribution is -0.121. The summed E-state index contributed by atoms with van der Waals surface area (Å²) in [5.74, 6) is -0.862. The van der Waals surface area contributed by atoms with Gasteiger partial charge in [0, 0.05) is 11.5 Å². The Bertz CT molecular complexity index is 2930. The number of aromatic amines is 1. The number of nitrogens with one attached hydrogen (secondary N) is 2. The van der Waals surface area contributed by atoms with Crippen molar-refractivity contribution in [2.24, 2.45) is 5.92 Å². The van der Waals surface area contributed by atoms with Gasteiger partial charge < -0.3 is 38.1 Å². The number of rotatable bonds is 12. The summed E-state index contributed by atoms with van der Waals surface area (Å²) >= 11 is 6.08. The first-order valence-electron chi connectivity index (χ1n) is 22.2. The number of nitriles is 1. The number of aromatic nitrogens is 8. The summed E-state index contributed by atoms with van der Waals surface area (Å²) in [6, 6.07) is 10.4. The van der Waals surface area contributed by atoms with Crippen molar-refractivity contribution in [3.8, 4) is 6.07 Å². The number of benzene rings is 1. The lowest BCUT2D eigenvalue weighted by atomic mass is 10.1. The number of alkyl halides is 1. The number of carbonyl (C=O) groups is 2. The number of Topliss-reactive ketones (excluding diaryl/α,β-unsaturated/α-hetero) is 1. The molecule has 22 nitrogen and oxygen atoms in total. The Morgan fingerprint density at radius 1 is 1.04 bits per heavy atom. The van der Waals surface area contributed by atoms with E-state index >= 15 is 4.39 Å². The lowest BCUT2D eigenvalue weighted by Gasteiger charge is -2.41. The smallest absolute Gasteiger partial charge is 0.328 e. The third-order valence-electron chi connectivity index (χ3n) is 12.5. The van der Waals surface area contributed by atoms with Crippen molar-refractivity contribution in [1.29, 1.82) is 5.26 Å². The highest BCUT2D eigenvalue weighted by atomic mass is 32.5. The summed E-state index contributed by atoms with van der Waals surface area (Å²) in [6.45, 7) is 8.55. The van der Waals surface area contributed by atoms with E-state index in [9.17, 15) is 29.1 Å². The molecule has 8 rings (SSSR count). The van der Waals surface area contributed by atoms with Gasteiger partial charge in [-0.25, -0.2) is 29.3 Å². The molecule has 4 aromatic heterocycles. The zero-order chi connectivity index (χ0) is 49.6. The number of ether oxygens (including phenoxy) is 2. The third-order valence-corrected chi connectivity index (χ3v) is 20.8. The fraction of sp³-hybridized carbons (Fsp3) is 0.548. The molecule has 3 aliphatic rings. The Balaban J connectivity index is 1.17. The van der Waals surface area contributed by atoms with E-state index < -0.39 is 96.0 Å². The van der Waals surface area contributed by atoms with E-state index in [1.165, 1.54) is 21.8 Å². The molecule has 2 bridgehead atoms. The minimum Gasteiger partial charge on any atom is -0.408 e. The van der Waals surface area contributed by atoms with Crippen LogP contribution in [0.4, 0.5) is 10.2 Å². The number of halogens is 1. The van der Waals surface area contributed by atoms with Crippen LogP contribution in [-0.2, 0) is 59.6 Å². The van der Waals surface area contributed by atoms with Crippen LogP contribution in [0.1, 0.15) is 76.1 Å². The molecule has 69 heavy (non-hydrogen) atoms. The van der Waals surface area contributed by atoms with Crippen LogP contribution >= 0.6 is 14.3 Å². The van der Waals surface area contributed by atoms with Crippen molar-refractivity contribution >= 4 is 74.3 Å². The van der Waals surface area contributed by atoms with E-state index in [-0.39, 0.29) is 76.6 Å². The molecule has 2 unspecified atom stereocenters. The molecule has 3 N–H and O–H groups in total. The summed E-state index contributed by atoms with van der Waals surface area (Å²) in [5.41, 5.74) is -0.126. The molecule has 27 heteroatoms. The number of amides is 1. The minimum absolute atomic E-state index is 0.0364. The summed E-state index contributed by atoms with van der Waals surface area (Å²) in [5, 5.41) is 11.8. The maximum atomic E-state index is 17.0. The van der Waals surface area contributed by atoms with Crippen LogP contribution in [0.15, 0.2) is 54.1 Å². The molecule has 7 heterocycles. The number of nitrogens with zero attached hydrogens (tertiary/aromatic N) is 8. The standard InChI is InChI=1S/C42H53FN10O12P2SSi/c1-23(2)25(54)18-28-49-37-31(39(56)50-28)48-22-53(37)41-34-33(65-69(6,7)42(3,4)5)26(61-41)14-17-66(57,58)63-32-27(19-60-67(68,64-34)59-16-11-15-44)62-40(29(32)43)52-21-47-30-35(45-20-46-36(30)52)51-38(55)24-12-9-8-10-13-24/h8-10,12-13,20-23,26-27,29,32-34,40-41H,11,14,16-19H2,1-7H3,(H,57,58)(H,49,50,56)(H,45,46,51,55)/t26-,27-,29-,32-,33-,34-,40-,41-,67?/m1/s1. The van der Waals surface area contributed by atoms with Crippen LogP contribution in [0.3, 0.4) is 0 Å². The van der Waals surface area contributed by atoms with Crippen molar-refractivity contribution in [2.75, 3.05) is 24.7 Å². The fourth-order valence-electron chi connectivity index (χ4n) is 7.77. The highest BCUT2D eigenvalue weighted by Crippen LogP contribution is 2.58. The molecule has 3 aliphatic heterocycles. The second-order valence-corrected chi connectivity index (χ2v) is 28.3. The minimum atomic E-state index is -4.75. The van der Waals surface area contributed by atoms with Crippen molar-refractivity contribution in [3.05, 3.63) is 71.1 Å². The number of carbonyl (C=O) groups excluding carboxylic acids is 2. The maximum Gasteiger partial charge on any atom is 0.328 e. The predicted molar refractivity (Wildman–Crippen MR) is 252 cm³/mol. The van der Waals surface area contributed by atoms with Gasteiger partial charge in [0.05, 0.1) is 57.0 Å². The molecular formula is C42H53FN10O12P2SSi. The van der Waals surface area contributed by atoms with E-state index in [0.29, 0.717) is 5.56 Å². The number of H-pyrrole nitrogens is 1. The Morgan fingerprint density at radius 2 is 1.74 bits per heavy atom. The average Bonchev–Trinajstić information content (AvgIpc) is 4.06. The molecule has 1 amide bonds. The van der Waals surface area contributed by atoms with Crippen LogP contribution in [0.5, 0.6) is 0 Å². The summed E-state index contributed by atoms with van der Waals surface area (Å²) < 4.78 is 79.1. The van der Waals surface area contributed by atoms with E-state index in [2.05, 4.69) is 35.2 Å². The zero-order valence-corrected chi connectivity index (χ0v) is 42.4. The number of ketones is 1. The van der Waals surface area contributed by atoms with Crippen molar-refractivity contribution in [2.45, 2.75) is 121 Å². The summed E-state index contributed by atoms with van der Waals surface area (Å²) in [7, 11) is -7.53. The number of anilines is 1. The molecule has 10 atom stereocenters. The van der Waals surface area contributed by atoms with Crippen molar-refractivity contribution in [3.63, 3.8) is 0 Å². The molecule has 0 spiro atoms. The number of hydrogen-bond acceptors (Lipinski definition) is 18. The van der Waals surface area contributed by atoms with Gasteiger partial charge in [0.1, 0.15) is 42.4 Å². The number of hydrogen-bond donors (Lipinski definition) is 3. The maximum absolute atomic E-state index is 17.0. The Kier molecular flexibility index (Phi) is 14.7. The largest absolute Gasteiger partial charge is 0.408 e. The topological polar surface area (TPSA) is 279 Å². The molecular weight excluding hydrogens is 978 g/mol. The molecule has 0 radical (unpaired) electrons. The van der Waals surface area contributed by atoms with E-state index in [1.54, 1.807) is 44.2 Å². The van der Waals surface area contributed by atoms with E-state index in [1.807, 2.05) is 39.9 Å². The van der Waals surface area contributed by atoms with Crippen LogP contribution in [0, 0.1) is 17.2 Å². The van der Waals surface area contributed by atoms with Crippen molar-refractivity contribution < 1.29 is 55.4 Å². The van der Waals surface area contributed by atoms with Crippen LogP contribution in [0.2, 0.25) is 18.1 Å². The monoisotopic (exact) mass is 1030 g/mol. The second kappa shape index (κ2) is 19.9. The molecule has 5 aromatic rings. The Labute approximate surface area is 401 Å². The van der Waals surface area contributed by atoms with Gasteiger partial charge in [0.2, 0.25) is 0 Å². The first-order valence-corrected chi connectivity index (χ1v) is 29.4.